The average Bonchev–Trinajstić information content (AvgIpc) is 3.05. The van der Waals surface area contributed by atoms with Crippen molar-refractivity contribution in [2.75, 3.05) is 11.9 Å². The molecule has 1 atom stereocenters. The molecule has 0 bridgehead atoms. The van der Waals surface area contributed by atoms with Gasteiger partial charge in [0.15, 0.2) is 0 Å². The molecule has 0 aliphatic carbocycles. The van der Waals surface area contributed by atoms with Gasteiger partial charge in [-0.1, -0.05) is 12.1 Å². The highest BCUT2D eigenvalue weighted by atomic mass is 32.2. The number of sulfonamides is 1. The largest absolute Gasteiger partial charge is 0.464 e. The Balaban J connectivity index is 1.74. The Labute approximate surface area is 163 Å². The first kappa shape index (κ1) is 20.8. The molecule has 3 rings (SSSR count). The molecule has 11 heteroatoms. The van der Waals surface area contributed by atoms with E-state index in [0.717, 1.165) is 24.3 Å². The van der Waals surface area contributed by atoms with Crippen LogP contribution >= 0.6 is 0 Å². The maximum Gasteiger partial charge on any atom is 0.417 e. The maximum absolute atomic E-state index is 13.0. The van der Waals surface area contributed by atoms with Gasteiger partial charge in [-0.3, -0.25) is 9.59 Å². The number of hydrogen-bond acceptors (Lipinski definition) is 5. The monoisotopic (exact) mass is 428 g/mol. The summed E-state index contributed by atoms with van der Waals surface area (Å²) in [6.45, 7) is 0.121. The normalized spacial score (nSPS) is 17.1. The number of hydrogen-bond donors (Lipinski definition) is 2. The molecule has 1 saturated heterocycles. The highest BCUT2D eigenvalue weighted by molar-refractivity contribution is 7.89. The van der Waals surface area contributed by atoms with Gasteiger partial charge in [-0.25, -0.2) is 8.42 Å². The van der Waals surface area contributed by atoms with Crippen molar-refractivity contribution in [3.63, 3.8) is 0 Å². The minimum atomic E-state index is -4.70. The van der Waals surface area contributed by atoms with E-state index in [-0.39, 0.29) is 23.6 Å². The zero-order valence-electron chi connectivity index (χ0n) is 14.7. The Morgan fingerprint density at radius 1 is 1.07 bits per heavy atom. The molecule has 1 heterocycles. The fourth-order valence-electron chi connectivity index (χ4n) is 2.70. The Bertz CT molecular complexity index is 1040. The third-order valence-corrected chi connectivity index (χ3v) is 5.62. The smallest absolute Gasteiger partial charge is 0.417 e. The van der Waals surface area contributed by atoms with Crippen LogP contribution in [0.5, 0.6) is 0 Å². The summed E-state index contributed by atoms with van der Waals surface area (Å²) >= 11 is 0. The molecule has 1 unspecified atom stereocenters. The zero-order chi connectivity index (χ0) is 21.2. The van der Waals surface area contributed by atoms with Crippen molar-refractivity contribution in [1.82, 2.24) is 4.72 Å². The van der Waals surface area contributed by atoms with E-state index < -0.39 is 45.2 Å². The lowest BCUT2D eigenvalue weighted by Gasteiger charge is -2.13. The number of carbonyl (C=O) groups excluding carboxylic acids is 2. The van der Waals surface area contributed by atoms with Crippen LogP contribution in [0.2, 0.25) is 0 Å². The zero-order valence-corrected chi connectivity index (χ0v) is 15.5. The van der Waals surface area contributed by atoms with E-state index in [9.17, 15) is 31.2 Å². The van der Waals surface area contributed by atoms with E-state index in [1.807, 2.05) is 0 Å². The first-order valence-corrected chi connectivity index (χ1v) is 9.83. The molecule has 0 aromatic heterocycles. The Morgan fingerprint density at radius 3 is 2.31 bits per heavy atom. The van der Waals surface area contributed by atoms with Crippen molar-refractivity contribution >= 4 is 27.6 Å². The molecule has 0 radical (unpaired) electrons. The second-order valence-corrected chi connectivity index (χ2v) is 7.87. The van der Waals surface area contributed by atoms with E-state index in [1.165, 1.54) is 24.3 Å². The number of cyclic esters (lactones) is 1. The van der Waals surface area contributed by atoms with Crippen LogP contribution in [0.15, 0.2) is 53.4 Å². The van der Waals surface area contributed by atoms with Crippen LogP contribution in [0.3, 0.4) is 0 Å². The van der Waals surface area contributed by atoms with Gasteiger partial charge in [0, 0.05) is 12.1 Å². The highest BCUT2D eigenvalue weighted by Gasteiger charge is 2.35. The van der Waals surface area contributed by atoms with Crippen LogP contribution in [0.25, 0.3) is 0 Å². The van der Waals surface area contributed by atoms with E-state index in [4.69, 9.17) is 4.74 Å². The molecule has 0 saturated carbocycles. The molecular formula is C18H15F3N2O5S. The van der Waals surface area contributed by atoms with Crippen LogP contribution < -0.4 is 10.0 Å². The summed E-state index contributed by atoms with van der Waals surface area (Å²) in [6, 6.07) is 8.13. The van der Waals surface area contributed by atoms with Crippen molar-refractivity contribution in [1.29, 1.82) is 0 Å². The predicted octanol–water partition coefficient (Wildman–Crippen LogP) is 2.55. The van der Waals surface area contributed by atoms with Gasteiger partial charge < -0.3 is 10.1 Å². The standard InChI is InChI=1S/C18H15F3N2O5S/c19-18(20,21)14-4-2-1-3-13(14)16(24)22-11-5-7-12(8-6-11)29(26,27)23-15-9-10-28-17(15)25/h1-8,15,23H,9-10H2,(H,22,24). The second kappa shape index (κ2) is 7.84. The van der Waals surface area contributed by atoms with Crippen molar-refractivity contribution in [2.45, 2.75) is 23.5 Å². The van der Waals surface area contributed by atoms with Gasteiger partial charge in [-0.15, -0.1) is 0 Å². The molecule has 2 N–H and O–H groups in total. The van der Waals surface area contributed by atoms with Crippen LogP contribution in [0, 0.1) is 0 Å². The topological polar surface area (TPSA) is 102 Å². The molecule has 29 heavy (non-hydrogen) atoms. The van der Waals surface area contributed by atoms with E-state index >= 15 is 0 Å². The van der Waals surface area contributed by atoms with Gasteiger partial charge in [0.1, 0.15) is 6.04 Å². The summed E-state index contributed by atoms with van der Waals surface area (Å²) in [5, 5.41) is 2.30. The van der Waals surface area contributed by atoms with Gasteiger partial charge in [0.25, 0.3) is 5.91 Å². The quantitative estimate of drug-likeness (QED) is 0.713. The van der Waals surface area contributed by atoms with Crippen molar-refractivity contribution in [3.8, 4) is 0 Å². The van der Waals surface area contributed by atoms with Crippen LogP contribution in [0.1, 0.15) is 22.3 Å². The number of esters is 1. The molecule has 2 aromatic rings. The fourth-order valence-corrected chi connectivity index (χ4v) is 3.92. The third-order valence-electron chi connectivity index (χ3n) is 4.13. The fraction of sp³-hybridized carbons (Fsp3) is 0.222. The van der Waals surface area contributed by atoms with Gasteiger partial charge in [0.05, 0.1) is 22.6 Å². The summed E-state index contributed by atoms with van der Waals surface area (Å²) in [7, 11) is -4.01. The lowest BCUT2D eigenvalue weighted by Crippen LogP contribution is -2.37. The number of nitrogens with one attached hydrogen (secondary N) is 2. The van der Waals surface area contributed by atoms with Gasteiger partial charge in [0.2, 0.25) is 10.0 Å². The molecule has 1 amide bonds. The number of halogens is 3. The number of carbonyl (C=O) groups is 2. The minimum Gasteiger partial charge on any atom is -0.464 e. The molecule has 154 valence electrons. The molecule has 0 spiro atoms. The Morgan fingerprint density at radius 2 is 1.72 bits per heavy atom. The second-order valence-electron chi connectivity index (χ2n) is 6.15. The lowest BCUT2D eigenvalue weighted by molar-refractivity contribution is -0.139. The predicted molar refractivity (Wildman–Crippen MR) is 95.5 cm³/mol. The minimum absolute atomic E-state index is 0.103. The Hall–Kier alpha value is -2.92. The van der Waals surface area contributed by atoms with E-state index in [2.05, 4.69) is 10.0 Å². The highest BCUT2D eigenvalue weighted by Crippen LogP contribution is 2.32. The van der Waals surface area contributed by atoms with E-state index in [0.29, 0.717) is 0 Å². The summed E-state index contributed by atoms with van der Waals surface area (Å²) < 4.78 is 70.7. The summed E-state index contributed by atoms with van der Waals surface area (Å²) in [6.07, 6.45) is -4.48. The van der Waals surface area contributed by atoms with E-state index in [1.54, 1.807) is 0 Å². The van der Waals surface area contributed by atoms with Crippen LogP contribution in [0.4, 0.5) is 18.9 Å². The SMILES string of the molecule is O=C(Nc1ccc(S(=O)(=O)NC2CCOC2=O)cc1)c1ccccc1C(F)(F)F. The summed E-state index contributed by atoms with van der Waals surface area (Å²) in [5.41, 5.74) is -1.53. The molecule has 1 fully saturated rings. The number of alkyl halides is 3. The van der Waals surface area contributed by atoms with Crippen molar-refractivity contribution in [2.24, 2.45) is 0 Å². The van der Waals surface area contributed by atoms with Crippen molar-refractivity contribution in [3.05, 3.63) is 59.7 Å². The number of amides is 1. The lowest BCUT2D eigenvalue weighted by atomic mass is 10.1. The molecule has 1 aliphatic rings. The maximum atomic E-state index is 13.0. The first-order chi connectivity index (χ1) is 13.6. The number of ether oxygens (including phenoxy) is 1. The molecular weight excluding hydrogens is 413 g/mol. The summed E-state index contributed by atoms with van der Waals surface area (Å²) in [5.74, 6) is -1.65. The average molecular weight is 428 g/mol. The van der Waals surface area contributed by atoms with Crippen LogP contribution in [-0.4, -0.2) is 32.9 Å². The molecule has 2 aromatic carbocycles. The molecule has 7 nitrogen and oxygen atoms in total. The van der Waals surface area contributed by atoms with Gasteiger partial charge >= 0.3 is 12.1 Å². The first-order valence-electron chi connectivity index (χ1n) is 8.34. The Kier molecular flexibility index (Phi) is 5.62. The van der Waals surface area contributed by atoms with Gasteiger partial charge in [-0.2, -0.15) is 17.9 Å². The third kappa shape index (κ3) is 4.74. The number of rotatable bonds is 5. The van der Waals surface area contributed by atoms with Gasteiger partial charge in [-0.05, 0) is 36.4 Å². The van der Waals surface area contributed by atoms with Crippen molar-refractivity contribution < 1.29 is 35.9 Å². The molecule has 1 aliphatic heterocycles. The number of benzene rings is 2. The summed E-state index contributed by atoms with van der Waals surface area (Å²) in [4.78, 5) is 23.5. The van der Waals surface area contributed by atoms with Crippen LogP contribution in [-0.2, 0) is 25.7 Å². The number of anilines is 1.